The number of amides is 2. The van der Waals surface area contributed by atoms with Crippen molar-refractivity contribution in [2.24, 2.45) is 0 Å². The zero-order valence-electron chi connectivity index (χ0n) is 16.8. The van der Waals surface area contributed by atoms with Gasteiger partial charge in [0, 0.05) is 31.9 Å². The third-order valence-corrected chi connectivity index (χ3v) is 5.47. The quantitative estimate of drug-likeness (QED) is 0.787. The summed E-state index contributed by atoms with van der Waals surface area (Å²) in [6, 6.07) is 13.0. The van der Waals surface area contributed by atoms with Gasteiger partial charge in [-0.2, -0.15) is 0 Å². The van der Waals surface area contributed by atoms with Gasteiger partial charge in [0.1, 0.15) is 5.75 Å². The highest BCUT2D eigenvalue weighted by atomic mass is 35.5. The predicted octanol–water partition coefficient (Wildman–Crippen LogP) is 3.12. The van der Waals surface area contributed by atoms with Crippen molar-refractivity contribution in [2.45, 2.75) is 13.8 Å². The van der Waals surface area contributed by atoms with Gasteiger partial charge in [-0.05, 0) is 43.2 Å². The maximum absolute atomic E-state index is 12.4. The first kappa shape index (κ1) is 21.1. The smallest absolute Gasteiger partial charge is 0.260 e. The Kier molecular flexibility index (Phi) is 7.12. The fourth-order valence-corrected chi connectivity index (χ4v) is 3.42. The van der Waals surface area contributed by atoms with Crippen molar-refractivity contribution >= 4 is 29.1 Å². The molecule has 2 aromatic carbocycles. The van der Waals surface area contributed by atoms with Gasteiger partial charge in [0.15, 0.2) is 6.61 Å². The number of carbonyl (C=O) groups excluding carboxylic acids is 2. The van der Waals surface area contributed by atoms with E-state index >= 15 is 0 Å². The molecule has 0 radical (unpaired) electrons. The number of rotatable bonds is 6. The van der Waals surface area contributed by atoms with Crippen LogP contribution in [0.4, 0.5) is 5.69 Å². The monoisotopic (exact) mass is 415 g/mol. The number of halogens is 1. The molecule has 0 aliphatic carbocycles. The molecular weight excluding hydrogens is 390 g/mol. The van der Waals surface area contributed by atoms with E-state index in [2.05, 4.69) is 10.2 Å². The highest BCUT2D eigenvalue weighted by Crippen LogP contribution is 2.23. The van der Waals surface area contributed by atoms with Crippen LogP contribution in [-0.4, -0.2) is 60.9 Å². The number of benzene rings is 2. The molecule has 0 bridgehead atoms. The van der Waals surface area contributed by atoms with Crippen molar-refractivity contribution < 1.29 is 14.3 Å². The lowest BCUT2D eigenvalue weighted by molar-refractivity contribution is -0.135. The molecule has 1 saturated heterocycles. The highest BCUT2D eigenvalue weighted by Gasteiger charge is 2.23. The minimum atomic E-state index is -0.0793. The number of aryl methyl sites for hydroxylation is 1. The number of carbonyl (C=O) groups is 2. The fraction of sp³-hybridized carbons (Fsp3) is 0.364. The lowest BCUT2D eigenvalue weighted by Crippen LogP contribution is -2.51. The lowest BCUT2D eigenvalue weighted by Gasteiger charge is -2.34. The summed E-state index contributed by atoms with van der Waals surface area (Å²) in [6.45, 7) is 6.73. The molecule has 0 spiro atoms. The zero-order valence-corrected chi connectivity index (χ0v) is 17.5. The van der Waals surface area contributed by atoms with Gasteiger partial charge in [-0.1, -0.05) is 35.9 Å². The molecule has 0 unspecified atom stereocenters. The van der Waals surface area contributed by atoms with Crippen LogP contribution < -0.4 is 10.1 Å². The Labute approximate surface area is 176 Å². The van der Waals surface area contributed by atoms with Crippen LogP contribution in [0.15, 0.2) is 42.5 Å². The van der Waals surface area contributed by atoms with E-state index in [4.69, 9.17) is 16.3 Å². The van der Waals surface area contributed by atoms with Crippen molar-refractivity contribution in [3.63, 3.8) is 0 Å². The summed E-state index contributed by atoms with van der Waals surface area (Å²) in [5, 5.41) is 3.47. The average molecular weight is 416 g/mol. The van der Waals surface area contributed by atoms with E-state index < -0.39 is 0 Å². The number of para-hydroxylation sites is 1. The van der Waals surface area contributed by atoms with E-state index in [9.17, 15) is 9.59 Å². The molecule has 2 amide bonds. The SMILES string of the molecule is Cc1cccc(NC(=O)CN2CCN(C(=O)COc3ccccc3Cl)CC2)c1C. The molecule has 0 saturated carbocycles. The molecule has 1 aliphatic rings. The van der Waals surface area contributed by atoms with Crippen molar-refractivity contribution in [1.29, 1.82) is 0 Å². The summed E-state index contributed by atoms with van der Waals surface area (Å²) < 4.78 is 5.53. The van der Waals surface area contributed by atoms with Crippen molar-refractivity contribution in [3.8, 4) is 5.75 Å². The van der Waals surface area contributed by atoms with E-state index in [0.717, 1.165) is 16.8 Å². The Hall–Kier alpha value is -2.57. The molecule has 1 N–H and O–H groups in total. The Morgan fingerprint density at radius 2 is 1.76 bits per heavy atom. The molecule has 3 rings (SSSR count). The average Bonchev–Trinajstić information content (AvgIpc) is 2.71. The molecule has 1 heterocycles. The Morgan fingerprint density at radius 1 is 1.03 bits per heavy atom. The molecule has 7 heteroatoms. The molecule has 2 aromatic rings. The normalized spacial score (nSPS) is 14.5. The van der Waals surface area contributed by atoms with Gasteiger partial charge in [0.25, 0.3) is 5.91 Å². The maximum Gasteiger partial charge on any atom is 0.260 e. The van der Waals surface area contributed by atoms with Gasteiger partial charge in [-0.15, -0.1) is 0 Å². The molecule has 6 nitrogen and oxygen atoms in total. The molecule has 1 aliphatic heterocycles. The summed E-state index contributed by atoms with van der Waals surface area (Å²) in [4.78, 5) is 28.6. The van der Waals surface area contributed by atoms with Crippen molar-refractivity contribution in [1.82, 2.24) is 9.80 Å². The van der Waals surface area contributed by atoms with E-state index in [0.29, 0.717) is 43.5 Å². The predicted molar refractivity (Wildman–Crippen MR) is 115 cm³/mol. The van der Waals surface area contributed by atoms with Crippen LogP contribution in [0.3, 0.4) is 0 Å². The number of nitrogens with one attached hydrogen (secondary N) is 1. The van der Waals surface area contributed by atoms with Crippen LogP contribution in [-0.2, 0) is 9.59 Å². The summed E-state index contributed by atoms with van der Waals surface area (Å²) in [7, 11) is 0. The minimum Gasteiger partial charge on any atom is -0.482 e. The van der Waals surface area contributed by atoms with E-state index in [-0.39, 0.29) is 18.4 Å². The molecule has 29 heavy (non-hydrogen) atoms. The Bertz CT molecular complexity index is 879. The van der Waals surface area contributed by atoms with Gasteiger partial charge in [0.2, 0.25) is 5.91 Å². The van der Waals surface area contributed by atoms with E-state index in [1.165, 1.54) is 0 Å². The number of piperazine rings is 1. The standard InChI is InChI=1S/C22H26ClN3O3/c1-16-6-5-8-19(17(16)2)24-21(27)14-25-10-12-26(13-11-25)22(28)15-29-20-9-4-3-7-18(20)23/h3-9H,10-15H2,1-2H3,(H,24,27). The first-order valence-corrected chi connectivity index (χ1v) is 10.1. The summed E-state index contributed by atoms with van der Waals surface area (Å²) >= 11 is 6.04. The summed E-state index contributed by atoms with van der Waals surface area (Å²) in [5.74, 6) is 0.384. The van der Waals surface area contributed by atoms with Gasteiger partial charge in [-0.3, -0.25) is 14.5 Å². The largest absolute Gasteiger partial charge is 0.482 e. The molecular formula is C22H26ClN3O3. The number of ether oxygens (including phenoxy) is 1. The van der Waals surface area contributed by atoms with Crippen LogP contribution in [0.1, 0.15) is 11.1 Å². The second kappa shape index (κ2) is 9.76. The number of hydrogen-bond acceptors (Lipinski definition) is 4. The van der Waals surface area contributed by atoms with E-state index in [1.54, 1.807) is 17.0 Å². The highest BCUT2D eigenvalue weighted by molar-refractivity contribution is 6.32. The third kappa shape index (κ3) is 5.71. The fourth-order valence-electron chi connectivity index (χ4n) is 3.23. The third-order valence-electron chi connectivity index (χ3n) is 5.16. The second-order valence-electron chi connectivity index (χ2n) is 7.17. The maximum atomic E-state index is 12.4. The number of hydrogen-bond donors (Lipinski definition) is 1. The van der Waals surface area contributed by atoms with Gasteiger partial charge in [-0.25, -0.2) is 0 Å². The van der Waals surface area contributed by atoms with Gasteiger partial charge >= 0.3 is 0 Å². The summed E-state index contributed by atoms with van der Waals surface area (Å²) in [5.41, 5.74) is 3.07. The van der Waals surface area contributed by atoms with Gasteiger partial charge < -0.3 is 15.0 Å². The molecule has 0 aromatic heterocycles. The molecule has 1 fully saturated rings. The van der Waals surface area contributed by atoms with Crippen LogP contribution in [0.5, 0.6) is 5.75 Å². The zero-order chi connectivity index (χ0) is 20.8. The van der Waals surface area contributed by atoms with Crippen molar-refractivity contribution in [3.05, 3.63) is 58.6 Å². The number of nitrogens with zero attached hydrogens (tertiary/aromatic N) is 2. The minimum absolute atomic E-state index is 0.0412. The second-order valence-corrected chi connectivity index (χ2v) is 7.58. The Balaban J connectivity index is 1.43. The lowest BCUT2D eigenvalue weighted by atomic mass is 10.1. The van der Waals surface area contributed by atoms with Gasteiger partial charge in [0.05, 0.1) is 11.6 Å². The van der Waals surface area contributed by atoms with Crippen molar-refractivity contribution in [2.75, 3.05) is 44.6 Å². The number of anilines is 1. The molecule has 0 atom stereocenters. The van der Waals surface area contributed by atoms with Crippen LogP contribution in [0, 0.1) is 13.8 Å². The first-order chi connectivity index (χ1) is 13.9. The first-order valence-electron chi connectivity index (χ1n) is 9.67. The van der Waals surface area contributed by atoms with Crippen LogP contribution in [0.2, 0.25) is 5.02 Å². The van der Waals surface area contributed by atoms with Crippen LogP contribution >= 0.6 is 11.6 Å². The van der Waals surface area contributed by atoms with Crippen LogP contribution in [0.25, 0.3) is 0 Å². The van der Waals surface area contributed by atoms with E-state index in [1.807, 2.05) is 44.2 Å². The topological polar surface area (TPSA) is 61.9 Å². The molecule has 154 valence electrons. The summed E-state index contributed by atoms with van der Waals surface area (Å²) in [6.07, 6.45) is 0. The Morgan fingerprint density at radius 3 is 2.48 bits per heavy atom.